The van der Waals surface area contributed by atoms with Gasteiger partial charge in [0.2, 0.25) is 0 Å². The number of phenols is 1. The van der Waals surface area contributed by atoms with Crippen LogP contribution in [0.2, 0.25) is 0 Å². The lowest BCUT2D eigenvalue weighted by molar-refractivity contribution is 0.213. The Morgan fingerprint density at radius 3 is 2.44 bits per heavy atom. The number of ether oxygens (including phenoxy) is 1. The molecule has 0 heterocycles. The van der Waals surface area contributed by atoms with Crippen LogP contribution in [0, 0.1) is 6.92 Å². The van der Waals surface area contributed by atoms with Crippen LogP contribution in [-0.2, 0) is 5.41 Å². The van der Waals surface area contributed by atoms with E-state index < -0.39 is 5.41 Å². The molecule has 2 N–H and O–H groups in total. The first-order valence-corrected chi connectivity index (χ1v) is 5.82. The van der Waals surface area contributed by atoms with Crippen LogP contribution in [0.1, 0.15) is 25.0 Å². The van der Waals surface area contributed by atoms with Crippen molar-refractivity contribution in [1.82, 2.24) is 0 Å². The molecule has 0 aliphatic rings. The molecule has 0 amide bonds. The molecule has 1 aromatic rings. The molecule has 0 spiro atoms. The van der Waals surface area contributed by atoms with Gasteiger partial charge in [-0.25, -0.2) is 0 Å². The molecule has 0 saturated heterocycles. The zero-order valence-electron chi connectivity index (χ0n) is 9.97. The zero-order valence-corrected chi connectivity index (χ0v) is 11.6. The van der Waals surface area contributed by atoms with Crippen molar-refractivity contribution in [3.05, 3.63) is 21.7 Å². The number of hydrogen-bond donors (Lipinski definition) is 2. The van der Waals surface area contributed by atoms with Crippen LogP contribution in [0.25, 0.3) is 0 Å². The molecule has 0 saturated carbocycles. The molecule has 0 fully saturated rings. The number of phenolic OH excluding ortho intramolecular Hbond substituents is 1. The highest BCUT2D eigenvalue weighted by molar-refractivity contribution is 9.10. The Morgan fingerprint density at radius 1 is 1.44 bits per heavy atom. The molecule has 0 unspecified atom stereocenters. The number of benzene rings is 1. The van der Waals surface area contributed by atoms with Crippen LogP contribution in [0.5, 0.6) is 11.5 Å². The SMILES string of the molecule is COc1cc(Br)c(C)c(C(C)(C)CO)c1O. The maximum Gasteiger partial charge on any atom is 0.161 e. The van der Waals surface area contributed by atoms with Gasteiger partial charge in [0.25, 0.3) is 0 Å². The van der Waals surface area contributed by atoms with Crippen molar-refractivity contribution in [1.29, 1.82) is 0 Å². The Morgan fingerprint density at radius 2 is 2.00 bits per heavy atom. The number of hydrogen-bond acceptors (Lipinski definition) is 3. The van der Waals surface area contributed by atoms with Crippen molar-refractivity contribution in [2.45, 2.75) is 26.2 Å². The highest BCUT2D eigenvalue weighted by Gasteiger charge is 2.28. The fourth-order valence-electron chi connectivity index (χ4n) is 1.77. The normalized spacial score (nSPS) is 11.6. The van der Waals surface area contributed by atoms with Crippen molar-refractivity contribution < 1.29 is 14.9 Å². The van der Waals surface area contributed by atoms with E-state index in [0.717, 1.165) is 10.0 Å². The van der Waals surface area contributed by atoms with E-state index in [9.17, 15) is 10.2 Å². The van der Waals surface area contributed by atoms with Crippen LogP contribution in [0.4, 0.5) is 0 Å². The molecule has 1 aromatic carbocycles. The molecule has 0 atom stereocenters. The third kappa shape index (κ3) is 2.18. The summed E-state index contributed by atoms with van der Waals surface area (Å²) >= 11 is 3.42. The van der Waals surface area contributed by atoms with Gasteiger partial charge in [-0.2, -0.15) is 0 Å². The minimum Gasteiger partial charge on any atom is -0.504 e. The molecule has 90 valence electrons. The fourth-order valence-corrected chi connectivity index (χ4v) is 2.18. The molecular formula is C12H17BrO3. The maximum absolute atomic E-state index is 10.1. The summed E-state index contributed by atoms with van der Waals surface area (Å²) in [5.41, 5.74) is 1.11. The van der Waals surface area contributed by atoms with E-state index in [0.29, 0.717) is 11.3 Å². The number of halogens is 1. The number of aliphatic hydroxyl groups is 1. The average Bonchev–Trinajstić information content (AvgIpc) is 2.23. The van der Waals surface area contributed by atoms with Crippen LogP contribution in [-0.4, -0.2) is 23.9 Å². The molecule has 16 heavy (non-hydrogen) atoms. The van der Waals surface area contributed by atoms with Gasteiger partial charge in [-0.05, 0) is 18.6 Å². The average molecular weight is 289 g/mol. The van der Waals surface area contributed by atoms with Gasteiger partial charge in [-0.1, -0.05) is 29.8 Å². The molecule has 0 aliphatic heterocycles. The Bertz CT molecular complexity index is 400. The van der Waals surface area contributed by atoms with Gasteiger partial charge in [0.05, 0.1) is 13.7 Å². The van der Waals surface area contributed by atoms with Gasteiger partial charge in [0.1, 0.15) is 0 Å². The first-order valence-electron chi connectivity index (χ1n) is 5.02. The number of aliphatic hydroxyl groups excluding tert-OH is 1. The van der Waals surface area contributed by atoms with Crippen LogP contribution < -0.4 is 4.74 Å². The summed E-state index contributed by atoms with van der Waals surface area (Å²) in [7, 11) is 1.51. The molecule has 1 rings (SSSR count). The lowest BCUT2D eigenvalue weighted by atomic mass is 9.82. The Hall–Kier alpha value is -0.740. The maximum atomic E-state index is 10.1. The second-order valence-electron chi connectivity index (χ2n) is 4.45. The van der Waals surface area contributed by atoms with E-state index in [4.69, 9.17) is 4.74 Å². The minimum atomic E-state index is -0.509. The van der Waals surface area contributed by atoms with Crippen molar-refractivity contribution in [3.63, 3.8) is 0 Å². The smallest absolute Gasteiger partial charge is 0.161 e. The summed E-state index contributed by atoms with van der Waals surface area (Å²) in [6.07, 6.45) is 0. The summed E-state index contributed by atoms with van der Waals surface area (Å²) in [4.78, 5) is 0. The first-order chi connectivity index (χ1) is 7.35. The summed E-state index contributed by atoms with van der Waals surface area (Å²) in [6.45, 7) is 5.61. The number of methoxy groups -OCH3 is 1. The van der Waals surface area contributed by atoms with Gasteiger partial charge in [0.15, 0.2) is 11.5 Å². The summed E-state index contributed by atoms with van der Waals surface area (Å²) in [5.74, 6) is 0.510. The predicted molar refractivity (Wildman–Crippen MR) is 67.2 cm³/mol. The van der Waals surface area contributed by atoms with Gasteiger partial charge in [0, 0.05) is 15.5 Å². The van der Waals surface area contributed by atoms with Crippen molar-refractivity contribution in [2.75, 3.05) is 13.7 Å². The minimum absolute atomic E-state index is 0.0407. The molecule has 0 radical (unpaired) electrons. The van der Waals surface area contributed by atoms with Crippen LogP contribution in [0.3, 0.4) is 0 Å². The zero-order chi connectivity index (χ0) is 12.5. The largest absolute Gasteiger partial charge is 0.504 e. The van der Waals surface area contributed by atoms with Crippen molar-refractivity contribution in [2.24, 2.45) is 0 Å². The fraction of sp³-hybridized carbons (Fsp3) is 0.500. The van der Waals surface area contributed by atoms with E-state index in [1.54, 1.807) is 6.07 Å². The Labute approximate surface area is 104 Å². The Balaban J connectivity index is 3.54. The van der Waals surface area contributed by atoms with E-state index in [-0.39, 0.29) is 12.4 Å². The summed E-state index contributed by atoms with van der Waals surface area (Å²) in [5, 5.41) is 19.5. The van der Waals surface area contributed by atoms with Gasteiger partial charge >= 0.3 is 0 Å². The van der Waals surface area contributed by atoms with Crippen LogP contribution in [0.15, 0.2) is 10.5 Å². The lowest BCUT2D eigenvalue weighted by Gasteiger charge is -2.27. The van der Waals surface area contributed by atoms with Gasteiger partial charge in [-0.15, -0.1) is 0 Å². The summed E-state index contributed by atoms with van der Waals surface area (Å²) in [6, 6.07) is 1.72. The van der Waals surface area contributed by atoms with Crippen LogP contribution >= 0.6 is 15.9 Å². The first kappa shape index (κ1) is 13.3. The number of rotatable bonds is 3. The molecule has 0 aromatic heterocycles. The second kappa shape index (κ2) is 4.63. The topological polar surface area (TPSA) is 49.7 Å². The Kier molecular flexibility index (Phi) is 3.86. The van der Waals surface area contributed by atoms with E-state index in [2.05, 4.69) is 15.9 Å². The van der Waals surface area contributed by atoms with Crippen molar-refractivity contribution >= 4 is 15.9 Å². The van der Waals surface area contributed by atoms with E-state index in [1.807, 2.05) is 20.8 Å². The standard InChI is InChI=1S/C12H17BrO3/c1-7-8(13)5-9(16-4)11(15)10(7)12(2,3)6-14/h5,14-15H,6H2,1-4H3. The molecule has 3 nitrogen and oxygen atoms in total. The molecular weight excluding hydrogens is 272 g/mol. The monoisotopic (exact) mass is 288 g/mol. The van der Waals surface area contributed by atoms with Gasteiger partial charge < -0.3 is 14.9 Å². The number of aromatic hydroxyl groups is 1. The third-order valence-electron chi connectivity index (χ3n) is 2.75. The summed E-state index contributed by atoms with van der Waals surface area (Å²) < 4.78 is 5.96. The van der Waals surface area contributed by atoms with Crippen molar-refractivity contribution in [3.8, 4) is 11.5 Å². The molecule has 0 bridgehead atoms. The van der Waals surface area contributed by atoms with E-state index in [1.165, 1.54) is 7.11 Å². The highest BCUT2D eigenvalue weighted by Crippen LogP contribution is 2.43. The van der Waals surface area contributed by atoms with E-state index >= 15 is 0 Å². The second-order valence-corrected chi connectivity index (χ2v) is 5.31. The highest BCUT2D eigenvalue weighted by atomic mass is 79.9. The third-order valence-corrected chi connectivity index (χ3v) is 3.58. The molecule has 4 heteroatoms. The lowest BCUT2D eigenvalue weighted by Crippen LogP contribution is -2.23. The predicted octanol–water partition coefficient (Wildman–Crippen LogP) is 2.74. The molecule has 0 aliphatic carbocycles. The van der Waals surface area contributed by atoms with Gasteiger partial charge in [-0.3, -0.25) is 0 Å². The quantitative estimate of drug-likeness (QED) is 0.899.